The minimum atomic E-state index is -0.805. The molecule has 0 bridgehead atoms. The van der Waals surface area contributed by atoms with E-state index in [9.17, 15) is 18.4 Å². The van der Waals surface area contributed by atoms with Crippen molar-refractivity contribution in [3.05, 3.63) is 29.8 Å². The topological polar surface area (TPSA) is 49.4 Å². The molecule has 0 heterocycles. The molecule has 110 valence electrons. The van der Waals surface area contributed by atoms with Crippen molar-refractivity contribution in [1.82, 2.24) is 5.32 Å². The first-order valence-corrected chi connectivity index (χ1v) is 6.46. The largest absolute Gasteiger partial charge is 0.354 e. The Hall–Kier alpha value is -1.98. The zero-order valence-corrected chi connectivity index (χ0v) is 11.6. The van der Waals surface area contributed by atoms with Gasteiger partial charge in [0.1, 0.15) is 17.3 Å². The van der Waals surface area contributed by atoms with Gasteiger partial charge in [-0.2, -0.15) is 0 Å². The first kappa shape index (κ1) is 16.1. The monoisotopic (exact) mass is 284 g/mol. The van der Waals surface area contributed by atoms with Crippen molar-refractivity contribution in [2.45, 2.75) is 26.7 Å². The van der Waals surface area contributed by atoms with E-state index in [1.807, 2.05) is 6.92 Å². The van der Waals surface area contributed by atoms with E-state index in [4.69, 9.17) is 0 Å². The number of hydrogen-bond acceptors (Lipinski definition) is 2. The van der Waals surface area contributed by atoms with Gasteiger partial charge in [-0.3, -0.25) is 9.59 Å². The van der Waals surface area contributed by atoms with Crippen molar-refractivity contribution >= 4 is 17.5 Å². The molecule has 0 aliphatic carbocycles. The van der Waals surface area contributed by atoms with E-state index in [2.05, 4.69) is 5.32 Å². The van der Waals surface area contributed by atoms with E-state index in [0.29, 0.717) is 12.8 Å². The Labute approximate surface area is 116 Å². The molecule has 0 spiro atoms. The van der Waals surface area contributed by atoms with Gasteiger partial charge in [0.2, 0.25) is 11.8 Å². The molecule has 0 unspecified atom stereocenters. The van der Waals surface area contributed by atoms with Crippen LogP contribution < -0.4 is 10.2 Å². The van der Waals surface area contributed by atoms with Gasteiger partial charge >= 0.3 is 0 Å². The lowest BCUT2D eigenvalue weighted by Crippen LogP contribution is -2.38. The van der Waals surface area contributed by atoms with Crippen LogP contribution in [0, 0.1) is 11.6 Å². The van der Waals surface area contributed by atoms with Crippen LogP contribution in [-0.2, 0) is 9.59 Å². The lowest BCUT2D eigenvalue weighted by Gasteiger charge is -2.22. The average Bonchev–Trinajstić information content (AvgIpc) is 2.36. The number of carbonyl (C=O) groups is 2. The lowest BCUT2D eigenvalue weighted by molar-refractivity contribution is -0.121. The molecule has 4 nitrogen and oxygen atoms in total. The van der Waals surface area contributed by atoms with Gasteiger partial charge in [-0.15, -0.1) is 0 Å². The number of nitrogens with one attached hydrogen (secondary N) is 1. The number of rotatable bonds is 6. The van der Waals surface area contributed by atoms with Gasteiger partial charge in [0.15, 0.2) is 0 Å². The summed E-state index contributed by atoms with van der Waals surface area (Å²) in [5, 5.41) is 2.60. The molecule has 0 saturated heterocycles. The van der Waals surface area contributed by atoms with Crippen molar-refractivity contribution in [1.29, 1.82) is 0 Å². The third-order valence-corrected chi connectivity index (χ3v) is 2.72. The zero-order valence-electron chi connectivity index (χ0n) is 11.6. The van der Waals surface area contributed by atoms with Crippen LogP contribution in [0.25, 0.3) is 0 Å². The lowest BCUT2D eigenvalue weighted by atomic mass is 10.2. The van der Waals surface area contributed by atoms with Crippen LogP contribution in [-0.4, -0.2) is 24.9 Å². The van der Waals surface area contributed by atoms with Gasteiger partial charge in [-0.1, -0.05) is 13.0 Å². The highest BCUT2D eigenvalue weighted by atomic mass is 19.1. The predicted octanol–water partition coefficient (Wildman–Crippen LogP) is 2.23. The fraction of sp³-hybridized carbons (Fsp3) is 0.429. The number of para-hydroxylation sites is 1. The molecular weight excluding hydrogens is 266 g/mol. The van der Waals surface area contributed by atoms with Gasteiger partial charge < -0.3 is 10.2 Å². The van der Waals surface area contributed by atoms with E-state index >= 15 is 0 Å². The molecule has 2 amide bonds. The second kappa shape index (κ2) is 7.57. The number of nitrogens with zero attached hydrogens (tertiary/aromatic N) is 1. The SMILES string of the molecule is CCCC(=O)NCCN(C(C)=O)c1c(F)cccc1F. The second-order valence-corrected chi connectivity index (χ2v) is 4.34. The van der Waals surface area contributed by atoms with Gasteiger partial charge in [-0.25, -0.2) is 8.78 Å². The van der Waals surface area contributed by atoms with Crippen molar-refractivity contribution in [3.8, 4) is 0 Å². The standard InChI is InChI=1S/C14H18F2N2O2/c1-3-5-13(20)17-8-9-18(10(2)19)14-11(15)6-4-7-12(14)16/h4,6-7H,3,5,8-9H2,1-2H3,(H,17,20). The maximum absolute atomic E-state index is 13.6. The minimum absolute atomic E-state index is 0.0165. The molecule has 0 aromatic heterocycles. The number of anilines is 1. The maximum atomic E-state index is 13.6. The Morgan fingerprint density at radius 2 is 1.85 bits per heavy atom. The molecule has 1 aromatic rings. The fourth-order valence-electron chi connectivity index (χ4n) is 1.80. The molecule has 1 rings (SSSR count). The third kappa shape index (κ3) is 4.29. The Balaban J connectivity index is 2.76. The van der Waals surface area contributed by atoms with Crippen molar-refractivity contribution in [2.24, 2.45) is 0 Å². The summed E-state index contributed by atoms with van der Waals surface area (Å²) >= 11 is 0. The van der Waals surface area contributed by atoms with Gasteiger partial charge in [-0.05, 0) is 18.6 Å². The van der Waals surface area contributed by atoms with Gasteiger partial charge in [0.05, 0.1) is 0 Å². The van der Waals surface area contributed by atoms with E-state index in [1.54, 1.807) is 0 Å². The maximum Gasteiger partial charge on any atom is 0.224 e. The molecule has 0 radical (unpaired) electrons. The van der Waals surface area contributed by atoms with Crippen LogP contribution in [0.1, 0.15) is 26.7 Å². The summed E-state index contributed by atoms with van der Waals surface area (Å²) in [6, 6.07) is 3.41. The van der Waals surface area contributed by atoms with Crippen LogP contribution in [0.15, 0.2) is 18.2 Å². The van der Waals surface area contributed by atoms with Crippen molar-refractivity contribution in [3.63, 3.8) is 0 Å². The molecule has 0 atom stereocenters. The number of halogens is 2. The Bertz CT molecular complexity index is 472. The first-order valence-electron chi connectivity index (χ1n) is 6.46. The predicted molar refractivity (Wildman–Crippen MR) is 72.3 cm³/mol. The summed E-state index contributed by atoms with van der Waals surface area (Å²) in [4.78, 5) is 23.8. The number of amides is 2. The summed E-state index contributed by atoms with van der Waals surface area (Å²) in [5.74, 6) is -2.25. The number of benzene rings is 1. The smallest absolute Gasteiger partial charge is 0.224 e. The quantitative estimate of drug-likeness (QED) is 0.871. The van der Waals surface area contributed by atoms with Crippen LogP contribution in [0.2, 0.25) is 0 Å². The van der Waals surface area contributed by atoms with Crippen LogP contribution >= 0.6 is 0 Å². The zero-order chi connectivity index (χ0) is 15.1. The highest BCUT2D eigenvalue weighted by Gasteiger charge is 2.19. The summed E-state index contributed by atoms with van der Waals surface area (Å²) in [6.45, 7) is 3.25. The summed E-state index contributed by atoms with van der Waals surface area (Å²) in [5.41, 5.74) is -0.384. The second-order valence-electron chi connectivity index (χ2n) is 4.34. The third-order valence-electron chi connectivity index (χ3n) is 2.72. The highest BCUT2D eigenvalue weighted by Crippen LogP contribution is 2.22. The average molecular weight is 284 g/mol. The van der Waals surface area contributed by atoms with E-state index < -0.39 is 17.5 Å². The Kier molecular flexibility index (Phi) is 6.09. The number of carbonyl (C=O) groups excluding carboxylic acids is 2. The number of hydrogen-bond donors (Lipinski definition) is 1. The summed E-state index contributed by atoms with van der Waals surface area (Å²) in [7, 11) is 0. The van der Waals surface area contributed by atoms with Crippen molar-refractivity contribution < 1.29 is 18.4 Å². The highest BCUT2D eigenvalue weighted by molar-refractivity contribution is 5.91. The fourth-order valence-corrected chi connectivity index (χ4v) is 1.80. The summed E-state index contributed by atoms with van der Waals surface area (Å²) in [6.07, 6.45) is 1.10. The molecule has 0 aliphatic heterocycles. The van der Waals surface area contributed by atoms with E-state index in [0.717, 1.165) is 17.0 Å². The minimum Gasteiger partial charge on any atom is -0.354 e. The molecule has 1 aromatic carbocycles. The molecule has 20 heavy (non-hydrogen) atoms. The van der Waals surface area contributed by atoms with Gasteiger partial charge in [0.25, 0.3) is 0 Å². The van der Waals surface area contributed by atoms with Gasteiger partial charge in [0, 0.05) is 26.4 Å². The molecule has 6 heteroatoms. The molecule has 0 saturated carbocycles. The van der Waals surface area contributed by atoms with Crippen LogP contribution in [0.4, 0.5) is 14.5 Å². The molecular formula is C14H18F2N2O2. The van der Waals surface area contributed by atoms with E-state index in [1.165, 1.54) is 13.0 Å². The Morgan fingerprint density at radius 1 is 1.25 bits per heavy atom. The molecule has 0 aliphatic rings. The first-order chi connectivity index (χ1) is 9.47. The molecule has 1 N–H and O–H groups in total. The summed E-state index contributed by atoms with van der Waals surface area (Å²) < 4.78 is 27.3. The molecule has 0 fully saturated rings. The Morgan fingerprint density at radius 3 is 2.35 bits per heavy atom. The van der Waals surface area contributed by atoms with E-state index in [-0.39, 0.29) is 24.7 Å². The van der Waals surface area contributed by atoms with Crippen LogP contribution in [0.3, 0.4) is 0 Å². The normalized spacial score (nSPS) is 10.2. The van der Waals surface area contributed by atoms with Crippen LogP contribution in [0.5, 0.6) is 0 Å². The van der Waals surface area contributed by atoms with Crippen molar-refractivity contribution in [2.75, 3.05) is 18.0 Å².